The Morgan fingerprint density at radius 3 is 2.44 bits per heavy atom. The lowest BCUT2D eigenvalue weighted by atomic mass is 10.1. The van der Waals surface area contributed by atoms with Crippen LogP contribution in [-0.2, 0) is 14.4 Å². The quantitative estimate of drug-likeness (QED) is 0.212. The van der Waals surface area contributed by atoms with E-state index in [1.165, 1.54) is 43.5 Å². The first-order chi connectivity index (χ1) is 20.7. The second kappa shape index (κ2) is 14.2. The molecule has 11 nitrogen and oxygen atoms in total. The molecule has 1 aliphatic rings. The molecule has 43 heavy (non-hydrogen) atoms. The summed E-state index contributed by atoms with van der Waals surface area (Å²) in [6.45, 7) is 4.14. The number of hydrogen-bond donors (Lipinski definition) is 2. The van der Waals surface area contributed by atoms with Gasteiger partial charge in [0.2, 0.25) is 0 Å². The number of hydrogen-bond acceptors (Lipinski definition) is 8. The van der Waals surface area contributed by atoms with Crippen molar-refractivity contribution in [2.24, 2.45) is 0 Å². The van der Waals surface area contributed by atoms with Gasteiger partial charge in [0.05, 0.1) is 31.7 Å². The smallest absolute Gasteiger partial charge is 0.335 e. The third-order valence-electron chi connectivity index (χ3n) is 6.06. The number of para-hydroxylation sites is 2. The third kappa shape index (κ3) is 7.44. The van der Waals surface area contributed by atoms with E-state index in [2.05, 4.69) is 10.6 Å². The molecule has 3 aromatic carbocycles. The second-order valence-corrected chi connectivity index (χ2v) is 9.53. The van der Waals surface area contributed by atoms with Gasteiger partial charge in [-0.25, -0.2) is 9.69 Å². The highest BCUT2D eigenvalue weighted by molar-refractivity contribution is 6.39. The third-order valence-corrected chi connectivity index (χ3v) is 6.30. The van der Waals surface area contributed by atoms with Crippen molar-refractivity contribution < 1.29 is 38.1 Å². The van der Waals surface area contributed by atoms with Crippen LogP contribution >= 0.6 is 11.6 Å². The van der Waals surface area contributed by atoms with E-state index in [0.29, 0.717) is 41.2 Å². The molecule has 0 aliphatic carbocycles. The monoisotopic (exact) mass is 607 g/mol. The highest BCUT2D eigenvalue weighted by Crippen LogP contribution is 2.34. The number of methoxy groups -OCH3 is 1. The number of halogens is 1. The van der Waals surface area contributed by atoms with Crippen LogP contribution in [0.15, 0.2) is 66.2 Å². The van der Waals surface area contributed by atoms with Crippen molar-refractivity contribution in [3.05, 3.63) is 76.8 Å². The molecule has 0 aromatic heterocycles. The van der Waals surface area contributed by atoms with Gasteiger partial charge in [-0.2, -0.15) is 0 Å². The Bertz CT molecular complexity index is 1570. The summed E-state index contributed by atoms with van der Waals surface area (Å²) in [7, 11) is 1.49. The lowest BCUT2D eigenvalue weighted by Crippen LogP contribution is -2.54. The van der Waals surface area contributed by atoms with Crippen LogP contribution in [0.2, 0.25) is 5.02 Å². The molecule has 4 rings (SSSR count). The highest BCUT2D eigenvalue weighted by atomic mass is 35.5. The standard InChI is InChI=1S/C31H30ClN3O8/c1-4-14-42-26-13-11-21(17-27(26)41-5-2)35-30(38)22(29(37)34-31(35)39)16-19-15-20(32)10-12-24(19)43-18-28(36)33-23-8-6-7-9-25(23)40-3/h6-13,15-17H,4-5,14,18H2,1-3H3,(H,33,36)(H,34,37,39)/b22-16+. The van der Waals surface area contributed by atoms with Gasteiger partial charge in [0.25, 0.3) is 17.7 Å². The summed E-state index contributed by atoms with van der Waals surface area (Å²) in [5.74, 6) is -0.805. The van der Waals surface area contributed by atoms with Gasteiger partial charge < -0.3 is 24.3 Å². The SMILES string of the molecule is CCCOc1ccc(N2C(=O)NC(=O)/C(=C\c3cc(Cl)ccc3OCC(=O)Nc3ccccc3OC)C2=O)cc1OCC. The van der Waals surface area contributed by atoms with E-state index in [0.717, 1.165) is 11.3 Å². The molecule has 0 atom stereocenters. The van der Waals surface area contributed by atoms with E-state index >= 15 is 0 Å². The number of rotatable bonds is 12. The number of imide groups is 2. The topological polar surface area (TPSA) is 132 Å². The maximum Gasteiger partial charge on any atom is 0.335 e. The fourth-order valence-electron chi connectivity index (χ4n) is 4.12. The van der Waals surface area contributed by atoms with Crippen molar-refractivity contribution in [2.75, 3.05) is 37.1 Å². The molecule has 3 aromatic rings. The van der Waals surface area contributed by atoms with Crippen LogP contribution in [0.5, 0.6) is 23.0 Å². The van der Waals surface area contributed by atoms with E-state index in [1.807, 2.05) is 6.92 Å². The van der Waals surface area contributed by atoms with Crippen LogP contribution in [-0.4, -0.2) is 50.7 Å². The lowest BCUT2D eigenvalue weighted by molar-refractivity contribution is -0.122. The Hall–Kier alpha value is -5.03. The van der Waals surface area contributed by atoms with Crippen molar-refractivity contribution >= 4 is 52.8 Å². The summed E-state index contributed by atoms with van der Waals surface area (Å²) in [6, 6.07) is 15.1. The fourth-order valence-corrected chi connectivity index (χ4v) is 4.30. The average Bonchev–Trinajstić information content (AvgIpc) is 2.98. The Labute approximate surface area is 253 Å². The first-order valence-electron chi connectivity index (χ1n) is 13.4. The van der Waals surface area contributed by atoms with Crippen molar-refractivity contribution in [1.82, 2.24) is 5.32 Å². The van der Waals surface area contributed by atoms with Crippen LogP contribution < -0.4 is 34.5 Å². The summed E-state index contributed by atoms with van der Waals surface area (Å²) in [4.78, 5) is 52.6. The number of benzene rings is 3. The minimum atomic E-state index is -0.924. The molecule has 1 aliphatic heterocycles. The number of carbonyl (C=O) groups is 4. The number of urea groups is 1. The molecule has 1 fully saturated rings. The van der Waals surface area contributed by atoms with Gasteiger partial charge in [0, 0.05) is 16.7 Å². The summed E-state index contributed by atoms with van der Waals surface area (Å²) >= 11 is 6.20. The highest BCUT2D eigenvalue weighted by Gasteiger charge is 2.37. The number of barbiturate groups is 1. The number of anilines is 2. The molecular weight excluding hydrogens is 578 g/mol. The molecule has 1 heterocycles. The predicted octanol–water partition coefficient (Wildman–Crippen LogP) is 5.22. The summed E-state index contributed by atoms with van der Waals surface area (Å²) in [5, 5.41) is 5.18. The van der Waals surface area contributed by atoms with Crippen LogP contribution in [0.1, 0.15) is 25.8 Å². The molecule has 224 valence electrons. The van der Waals surface area contributed by atoms with Gasteiger partial charge in [0.1, 0.15) is 17.1 Å². The summed E-state index contributed by atoms with van der Waals surface area (Å²) in [5.41, 5.74) is 0.519. The number of amides is 5. The van der Waals surface area contributed by atoms with Crippen molar-refractivity contribution in [1.29, 1.82) is 0 Å². The van der Waals surface area contributed by atoms with E-state index in [-0.39, 0.29) is 22.6 Å². The maximum atomic E-state index is 13.6. The van der Waals surface area contributed by atoms with Crippen LogP contribution in [0.3, 0.4) is 0 Å². The summed E-state index contributed by atoms with van der Waals surface area (Å²) < 4.78 is 22.3. The van der Waals surface area contributed by atoms with E-state index in [4.69, 9.17) is 30.5 Å². The zero-order valence-electron chi connectivity index (χ0n) is 23.8. The molecule has 5 amide bonds. The minimum Gasteiger partial charge on any atom is -0.495 e. The molecule has 0 bridgehead atoms. The Balaban J connectivity index is 1.60. The van der Waals surface area contributed by atoms with Gasteiger partial charge in [-0.1, -0.05) is 30.7 Å². The van der Waals surface area contributed by atoms with Gasteiger partial charge in [0.15, 0.2) is 18.1 Å². The van der Waals surface area contributed by atoms with Crippen LogP contribution in [0, 0.1) is 0 Å². The van der Waals surface area contributed by atoms with Crippen molar-refractivity contribution in [3.63, 3.8) is 0 Å². The number of nitrogens with one attached hydrogen (secondary N) is 2. The molecule has 12 heteroatoms. The van der Waals surface area contributed by atoms with E-state index in [1.54, 1.807) is 37.3 Å². The first-order valence-corrected chi connectivity index (χ1v) is 13.8. The second-order valence-electron chi connectivity index (χ2n) is 9.09. The minimum absolute atomic E-state index is 0.170. The van der Waals surface area contributed by atoms with Crippen molar-refractivity contribution in [2.45, 2.75) is 20.3 Å². The van der Waals surface area contributed by atoms with Crippen molar-refractivity contribution in [3.8, 4) is 23.0 Å². The molecular formula is C31H30ClN3O8. The maximum absolute atomic E-state index is 13.6. The number of carbonyl (C=O) groups excluding carboxylic acids is 4. The fraction of sp³-hybridized carbons (Fsp3) is 0.226. The normalized spacial score (nSPS) is 13.9. The van der Waals surface area contributed by atoms with Crippen LogP contribution in [0.25, 0.3) is 6.08 Å². The van der Waals surface area contributed by atoms with E-state index in [9.17, 15) is 19.2 Å². The number of nitrogens with zero attached hydrogens (tertiary/aromatic N) is 1. The van der Waals surface area contributed by atoms with Gasteiger partial charge >= 0.3 is 6.03 Å². The molecule has 0 spiro atoms. The predicted molar refractivity (Wildman–Crippen MR) is 161 cm³/mol. The van der Waals surface area contributed by atoms with Crippen LogP contribution in [0.4, 0.5) is 16.2 Å². The average molecular weight is 608 g/mol. The molecule has 2 N–H and O–H groups in total. The van der Waals surface area contributed by atoms with Gasteiger partial charge in [-0.3, -0.25) is 19.7 Å². The first kappa shape index (κ1) is 30.9. The Morgan fingerprint density at radius 1 is 0.930 bits per heavy atom. The Morgan fingerprint density at radius 2 is 1.70 bits per heavy atom. The zero-order valence-corrected chi connectivity index (χ0v) is 24.5. The van der Waals surface area contributed by atoms with Gasteiger partial charge in [-0.05, 0) is 61.9 Å². The Kier molecular flexibility index (Phi) is 10.2. The lowest BCUT2D eigenvalue weighted by Gasteiger charge is -2.27. The summed E-state index contributed by atoms with van der Waals surface area (Å²) in [6.07, 6.45) is 2.02. The largest absolute Gasteiger partial charge is 0.495 e. The van der Waals surface area contributed by atoms with E-state index < -0.39 is 30.4 Å². The molecule has 0 radical (unpaired) electrons. The molecule has 1 saturated heterocycles. The molecule has 0 saturated carbocycles. The zero-order chi connectivity index (χ0) is 30.9. The van der Waals surface area contributed by atoms with Gasteiger partial charge in [-0.15, -0.1) is 0 Å². The number of ether oxygens (including phenoxy) is 4. The molecule has 0 unspecified atom stereocenters.